The maximum absolute atomic E-state index is 10.6. The van der Waals surface area contributed by atoms with Crippen LogP contribution in [0.4, 0.5) is 0 Å². The van der Waals surface area contributed by atoms with Crippen LogP contribution in [0.15, 0.2) is 96.6 Å². The molecule has 2 aliphatic rings. The third kappa shape index (κ3) is 4.21. The van der Waals surface area contributed by atoms with Gasteiger partial charge in [0.25, 0.3) is 0 Å². The monoisotopic (exact) mass is 432 g/mol. The van der Waals surface area contributed by atoms with E-state index in [9.17, 15) is 4.79 Å². The number of carboxylic acid groups (broad SMARTS) is 1. The number of aryl methyl sites for hydroxylation is 1. The minimum atomic E-state index is -0.884. The fraction of sp³-hybridized carbons (Fsp3) is 0.194. The van der Waals surface area contributed by atoms with Crippen molar-refractivity contribution in [2.75, 3.05) is 0 Å². The lowest BCUT2D eigenvalue weighted by Crippen LogP contribution is -2.16. The van der Waals surface area contributed by atoms with Crippen LogP contribution >= 0.6 is 0 Å². The standard InChI is InChI=1S/C20H20.C11H8O2/c1-20(2)12-11-17-15(13-20)8-10-18-16-6-4-3-5-14(16)7-9-19(17)18;12-11(13)10-6-5-8-3-1-2-4-9(8)7-10/h3-7,9,11-12H,8,10,13H2,1-2H3;1-7H,(H,12,13). The molecule has 0 unspecified atom stereocenters. The largest absolute Gasteiger partial charge is 0.478 e. The van der Waals surface area contributed by atoms with Crippen molar-refractivity contribution in [2.45, 2.75) is 33.1 Å². The first-order valence-electron chi connectivity index (χ1n) is 11.6. The molecule has 0 amide bonds. The molecule has 0 saturated carbocycles. The lowest BCUT2D eigenvalue weighted by molar-refractivity contribution is 0.0697. The summed E-state index contributed by atoms with van der Waals surface area (Å²) in [6, 6.07) is 26.2. The summed E-state index contributed by atoms with van der Waals surface area (Å²) in [4.78, 5) is 10.6. The third-order valence-electron chi connectivity index (χ3n) is 6.76. The average Bonchev–Trinajstić information content (AvgIpc) is 2.83. The summed E-state index contributed by atoms with van der Waals surface area (Å²) in [5.74, 6) is -0.884. The number of carbonyl (C=O) groups is 1. The van der Waals surface area contributed by atoms with Gasteiger partial charge in [0.1, 0.15) is 0 Å². The van der Waals surface area contributed by atoms with Gasteiger partial charge in [-0.1, -0.05) is 98.3 Å². The van der Waals surface area contributed by atoms with Crippen LogP contribution in [0, 0.1) is 5.41 Å². The van der Waals surface area contributed by atoms with E-state index in [0.717, 1.165) is 10.8 Å². The Hall–Kier alpha value is -3.65. The zero-order valence-corrected chi connectivity index (χ0v) is 19.1. The molecular weight excluding hydrogens is 404 g/mol. The van der Waals surface area contributed by atoms with Gasteiger partial charge < -0.3 is 5.11 Å². The van der Waals surface area contributed by atoms with Gasteiger partial charge in [0, 0.05) is 0 Å². The van der Waals surface area contributed by atoms with Crippen molar-refractivity contribution < 1.29 is 9.90 Å². The average molecular weight is 433 g/mol. The smallest absolute Gasteiger partial charge is 0.335 e. The first-order valence-corrected chi connectivity index (χ1v) is 11.6. The van der Waals surface area contributed by atoms with Crippen LogP contribution in [-0.2, 0) is 6.42 Å². The maximum atomic E-state index is 10.6. The zero-order chi connectivity index (χ0) is 23.0. The summed E-state index contributed by atoms with van der Waals surface area (Å²) >= 11 is 0. The maximum Gasteiger partial charge on any atom is 0.335 e. The molecule has 4 aromatic carbocycles. The fourth-order valence-electron chi connectivity index (χ4n) is 5.09. The molecule has 0 fully saturated rings. The molecule has 6 rings (SSSR count). The Bertz CT molecular complexity index is 1440. The second-order valence-corrected chi connectivity index (χ2v) is 9.70. The van der Waals surface area contributed by atoms with Gasteiger partial charge in [0.05, 0.1) is 5.56 Å². The van der Waals surface area contributed by atoms with Crippen LogP contribution in [0.25, 0.3) is 27.1 Å². The summed E-state index contributed by atoms with van der Waals surface area (Å²) in [5, 5.41) is 13.6. The minimum Gasteiger partial charge on any atom is -0.478 e. The highest BCUT2D eigenvalue weighted by Crippen LogP contribution is 2.44. The van der Waals surface area contributed by atoms with Crippen molar-refractivity contribution in [2.24, 2.45) is 5.41 Å². The normalized spacial score (nSPS) is 16.1. The van der Waals surface area contributed by atoms with Crippen LogP contribution in [0.5, 0.6) is 0 Å². The van der Waals surface area contributed by atoms with E-state index < -0.39 is 5.97 Å². The molecule has 0 heterocycles. The molecule has 0 saturated heterocycles. The van der Waals surface area contributed by atoms with E-state index in [4.69, 9.17) is 5.11 Å². The molecule has 2 nitrogen and oxygen atoms in total. The molecular formula is C31H28O2. The van der Waals surface area contributed by atoms with Gasteiger partial charge in [-0.05, 0) is 75.1 Å². The molecule has 0 atom stereocenters. The number of carboxylic acids is 1. The number of hydrogen-bond donors (Lipinski definition) is 1. The highest BCUT2D eigenvalue weighted by molar-refractivity contribution is 5.95. The van der Waals surface area contributed by atoms with E-state index in [1.807, 2.05) is 30.3 Å². The van der Waals surface area contributed by atoms with Crippen LogP contribution < -0.4 is 0 Å². The number of hydrogen-bond acceptors (Lipinski definition) is 1. The van der Waals surface area contributed by atoms with Gasteiger partial charge in [0.2, 0.25) is 0 Å². The summed E-state index contributed by atoms with van der Waals surface area (Å²) in [7, 11) is 0. The number of allylic oxidation sites excluding steroid dienone is 4. The molecule has 2 aliphatic carbocycles. The van der Waals surface area contributed by atoms with Gasteiger partial charge in [-0.3, -0.25) is 0 Å². The summed E-state index contributed by atoms with van der Waals surface area (Å²) in [6.07, 6.45) is 8.39. The summed E-state index contributed by atoms with van der Waals surface area (Å²) < 4.78 is 0. The quantitative estimate of drug-likeness (QED) is 0.330. The first kappa shape index (κ1) is 21.2. The Labute approximate surface area is 194 Å². The van der Waals surface area contributed by atoms with Gasteiger partial charge in [0.15, 0.2) is 0 Å². The lowest BCUT2D eigenvalue weighted by Gasteiger charge is -2.32. The van der Waals surface area contributed by atoms with Crippen LogP contribution in [-0.4, -0.2) is 11.1 Å². The molecule has 4 aromatic rings. The van der Waals surface area contributed by atoms with Gasteiger partial charge in [-0.25, -0.2) is 4.79 Å². The van der Waals surface area contributed by atoms with Gasteiger partial charge in [-0.2, -0.15) is 0 Å². The number of fused-ring (bicyclic) bond motifs is 5. The van der Waals surface area contributed by atoms with Gasteiger partial charge in [-0.15, -0.1) is 0 Å². The lowest BCUT2D eigenvalue weighted by atomic mass is 9.72. The second kappa shape index (κ2) is 8.37. The summed E-state index contributed by atoms with van der Waals surface area (Å²) in [6.45, 7) is 4.67. The number of benzene rings is 4. The molecule has 0 spiro atoms. The fourth-order valence-corrected chi connectivity index (χ4v) is 5.09. The topological polar surface area (TPSA) is 37.3 Å². The SMILES string of the molecule is CC1(C)C=CC2=C(CCc3c2ccc2ccccc32)C1.O=C(O)c1ccc2ccccc2c1. The summed E-state index contributed by atoms with van der Waals surface area (Å²) in [5.41, 5.74) is 6.82. The third-order valence-corrected chi connectivity index (χ3v) is 6.76. The van der Waals surface area contributed by atoms with Crippen molar-refractivity contribution in [3.8, 4) is 0 Å². The molecule has 33 heavy (non-hydrogen) atoms. The molecule has 2 heteroatoms. The number of aromatic carboxylic acids is 1. The van der Waals surface area contributed by atoms with Crippen molar-refractivity contribution in [1.82, 2.24) is 0 Å². The molecule has 0 aromatic heterocycles. The van der Waals surface area contributed by atoms with Crippen molar-refractivity contribution in [1.29, 1.82) is 0 Å². The Balaban J connectivity index is 0.000000152. The van der Waals surface area contributed by atoms with E-state index in [1.165, 1.54) is 41.2 Å². The van der Waals surface area contributed by atoms with E-state index >= 15 is 0 Å². The molecule has 0 bridgehead atoms. The zero-order valence-electron chi connectivity index (χ0n) is 19.1. The molecule has 164 valence electrons. The van der Waals surface area contributed by atoms with Crippen molar-refractivity contribution in [3.63, 3.8) is 0 Å². The predicted octanol–water partition coefficient (Wildman–Crippen LogP) is 8.06. The van der Waals surface area contributed by atoms with Crippen molar-refractivity contribution in [3.05, 3.63) is 113 Å². The second-order valence-electron chi connectivity index (χ2n) is 9.70. The molecule has 0 radical (unpaired) electrons. The molecule has 1 N–H and O–H groups in total. The van der Waals surface area contributed by atoms with Crippen molar-refractivity contribution >= 4 is 33.1 Å². The highest BCUT2D eigenvalue weighted by Gasteiger charge is 2.27. The van der Waals surface area contributed by atoms with Crippen LogP contribution in [0.3, 0.4) is 0 Å². The molecule has 0 aliphatic heterocycles. The number of rotatable bonds is 1. The van der Waals surface area contributed by atoms with Crippen LogP contribution in [0.2, 0.25) is 0 Å². The van der Waals surface area contributed by atoms with E-state index in [2.05, 4.69) is 62.4 Å². The predicted molar refractivity (Wildman–Crippen MR) is 138 cm³/mol. The Morgan fingerprint density at radius 3 is 2.30 bits per heavy atom. The first-order chi connectivity index (χ1) is 15.9. The Kier molecular flexibility index (Phi) is 5.38. The Morgan fingerprint density at radius 1 is 0.818 bits per heavy atom. The minimum absolute atomic E-state index is 0.327. The van der Waals surface area contributed by atoms with E-state index in [1.54, 1.807) is 23.3 Å². The van der Waals surface area contributed by atoms with Crippen LogP contribution in [0.1, 0.15) is 48.2 Å². The van der Waals surface area contributed by atoms with Gasteiger partial charge >= 0.3 is 5.97 Å². The van der Waals surface area contributed by atoms with E-state index in [-0.39, 0.29) is 0 Å². The van der Waals surface area contributed by atoms with E-state index in [0.29, 0.717) is 11.0 Å². The highest BCUT2D eigenvalue weighted by atomic mass is 16.4. The Morgan fingerprint density at radius 2 is 1.52 bits per heavy atom.